The van der Waals surface area contributed by atoms with E-state index in [1.165, 1.54) is 17.2 Å². The van der Waals surface area contributed by atoms with Crippen molar-refractivity contribution in [2.45, 2.75) is 59.0 Å². The summed E-state index contributed by atoms with van der Waals surface area (Å²) in [4.78, 5) is 0. The number of fused-ring (bicyclic) bond motifs is 1. The third-order valence-electron chi connectivity index (χ3n) is 5.75. The van der Waals surface area contributed by atoms with Crippen LogP contribution in [0.25, 0.3) is 17.1 Å². The average Bonchev–Trinajstić information content (AvgIpc) is 3.37. The molecule has 1 aromatic heterocycles. The molecule has 0 radical (unpaired) electrons. The van der Waals surface area contributed by atoms with Gasteiger partial charge in [0.1, 0.15) is 18.1 Å². The van der Waals surface area contributed by atoms with Crippen molar-refractivity contribution in [3.8, 4) is 34.6 Å². The molecule has 32 heavy (non-hydrogen) atoms. The van der Waals surface area contributed by atoms with E-state index < -0.39 is 0 Å². The van der Waals surface area contributed by atoms with Crippen molar-refractivity contribution < 1.29 is 19.7 Å². The van der Waals surface area contributed by atoms with Crippen molar-refractivity contribution in [2.24, 2.45) is 0 Å². The first-order valence-corrected chi connectivity index (χ1v) is 11.2. The smallest absolute Gasteiger partial charge is 0.322 e. The standard InChI is InChI=1S/C25H31N3O4/c1-15(2)20-13-21(23(30)14-22(20)29)24-26-27-25(32-11-10-31-16(3)4)28(24)19-9-8-17-6-5-7-18(17)12-19/h8-9,12-16,29-30H,5-7,10-11H2,1-4H3. The number of nitrogens with zero attached hydrogens (tertiary/aromatic N) is 3. The predicted octanol–water partition coefficient (Wildman–Crippen LogP) is 4.76. The van der Waals surface area contributed by atoms with Gasteiger partial charge in [-0.3, -0.25) is 0 Å². The lowest BCUT2D eigenvalue weighted by Gasteiger charge is -2.15. The number of phenols is 2. The Kier molecular flexibility index (Phi) is 6.37. The van der Waals surface area contributed by atoms with Gasteiger partial charge >= 0.3 is 6.01 Å². The number of phenolic OH excluding ortho intramolecular Hbond substituents is 2. The molecule has 0 amide bonds. The summed E-state index contributed by atoms with van der Waals surface area (Å²) in [7, 11) is 0. The molecule has 4 rings (SSSR count). The van der Waals surface area contributed by atoms with Gasteiger partial charge in [0.15, 0.2) is 5.82 Å². The number of aromatic nitrogens is 3. The SMILES string of the molecule is CC(C)OCCOc1nnc(-c2cc(C(C)C)c(O)cc2O)n1-c1ccc2c(c1)CCC2. The van der Waals surface area contributed by atoms with Gasteiger partial charge in [0.25, 0.3) is 0 Å². The molecule has 1 aliphatic carbocycles. The Balaban J connectivity index is 1.79. The number of benzene rings is 2. The molecule has 0 saturated heterocycles. The lowest BCUT2D eigenvalue weighted by molar-refractivity contribution is 0.0527. The monoisotopic (exact) mass is 437 g/mol. The number of aryl methyl sites for hydroxylation is 2. The van der Waals surface area contributed by atoms with E-state index in [4.69, 9.17) is 9.47 Å². The minimum Gasteiger partial charge on any atom is -0.508 e. The van der Waals surface area contributed by atoms with Gasteiger partial charge in [0.05, 0.1) is 24.0 Å². The summed E-state index contributed by atoms with van der Waals surface area (Å²) in [5.74, 6) is 0.542. The molecule has 3 aromatic rings. The fourth-order valence-electron chi connectivity index (χ4n) is 4.12. The molecular formula is C25H31N3O4. The molecule has 0 bridgehead atoms. The second-order valence-corrected chi connectivity index (χ2v) is 8.80. The van der Waals surface area contributed by atoms with Crippen molar-refractivity contribution in [1.29, 1.82) is 0 Å². The first kappa shape index (κ1) is 22.1. The largest absolute Gasteiger partial charge is 0.508 e. The highest BCUT2D eigenvalue weighted by Gasteiger charge is 2.23. The summed E-state index contributed by atoms with van der Waals surface area (Å²) in [6.07, 6.45) is 3.41. The second kappa shape index (κ2) is 9.20. The van der Waals surface area contributed by atoms with Gasteiger partial charge in [-0.1, -0.05) is 25.0 Å². The van der Waals surface area contributed by atoms with E-state index in [0.717, 1.165) is 30.5 Å². The van der Waals surface area contributed by atoms with Crippen LogP contribution in [-0.2, 0) is 17.6 Å². The van der Waals surface area contributed by atoms with E-state index in [1.807, 2.05) is 38.3 Å². The summed E-state index contributed by atoms with van der Waals surface area (Å²) in [6.45, 7) is 8.71. The molecule has 0 aliphatic heterocycles. The maximum absolute atomic E-state index is 10.7. The molecule has 2 N–H and O–H groups in total. The van der Waals surface area contributed by atoms with Gasteiger partial charge in [-0.2, -0.15) is 0 Å². The van der Waals surface area contributed by atoms with Crippen LogP contribution < -0.4 is 4.74 Å². The third-order valence-corrected chi connectivity index (χ3v) is 5.75. The molecule has 7 nitrogen and oxygen atoms in total. The Labute approximate surface area is 188 Å². The van der Waals surface area contributed by atoms with Crippen molar-refractivity contribution in [3.63, 3.8) is 0 Å². The maximum atomic E-state index is 10.7. The Morgan fingerprint density at radius 1 is 0.938 bits per heavy atom. The van der Waals surface area contributed by atoms with E-state index in [9.17, 15) is 10.2 Å². The van der Waals surface area contributed by atoms with Crippen molar-refractivity contribution >= 4 is 0 Å². The molecule has 7 heteroatoms. The number of hydrogen-bond donors (Lipinski definition) is 2. The van der Waals surface area contributed by atoms with E-state index in [0.29, 0.717) is 30.6 Å². The van der Waals surface area contributed by atoms with Gasteiger partial charge < -0.3 is 19.7 Å². The second-order valence-electron chi connectivity index (χ2n) is 8.80. The molecular weight excluding hydrogens is 406 g/mol. The third kappa shape index (κ3) is 4.43. The summed E-state index contributed by atoms with van der Waals surface area (Å²) in [5.41, 5.74) is 4.78. The van der Waals surface area contributed by atoms with Crippen LogP contribution >= 0.6 is 0 Å². The molecule has 0 atom stereocenters. The highest BCUT2D eigenvalue weighted by Crippen LogP contribution is 2.39. The Bertz CT molecular complexity index is 1100. The molecule has 0 unspecified atom stereocenters. The lowest BCUT2D eigenvalue weighted by atomic mass is 9.98. The highest BCUT2D eigenvalue weighted by atomic mass is 16.5. The topological polar surface area (TPSA) is 89.6 Å². The summed E-state index contributed by atoms with van der Waals surface area (Å²) < 4.78 is 13.3. The van der Waals surface area contributed by atoms with Crippen molar-refractivity contribution in [3.05, 3.63) is 47.0 Å². The minimum absolute atomic E-state index is 0.0589. The molecule has 1 heterocycles. The Hall–Kier alpha value is -3.06. The van der Waals surface area contributed by atoms with Gasteiger partial charge in [0.2, 0.25) is 0 Å². The van der Waals surface area contributed by atoms with Crippen molar-refractivity contribution in [1.82, 2.24) is 14.8 Å². The van der Waals surface area contributed by atoms with Gasteiger partial charge in [-0.25, -0.2) is 4.57 Å². The molecule has 170 valence electrons. The number of hydrogen-bond acceptors (Lipinski definition) is 6. The van der Waals surface area contributed by atoms with E-state index in [2.05, 4.69) is 22.3 Å². The number of ether oxygens (including phenoxy) is 2. The molecule has 0 fully saturated rings. The lowest BCUT2D eigenvalue weighted by Crippen LogP contribution is -2.13. The zero-order chi connectivity index (χ0) is 22.8. The van der Waals surface area contributed by atoms with Crippen LogP contribution in [0.2, 0.25) is 0 Å². The van der Waals surface area contributed by atoms with Gasteiger partial charge in [0, 0.05) is 6.07 Å². The highest BCUT2D eigenvalue weighted by molar-refractivity contribution is 5.70. The first-order chi connectivity index (χ1) is 15.3. The normalized spacial score (nSPS) is 13.2. The molecule has 1 aliphatic rings. The van der Waals surface area contributed by atoms with Crippen LogP contribution in [-0.4, -0.2) is 44.3 Å². The van der Waals surface area contributed by atoms with Crippen LogP contribution in [0.1, 0.15) is 56.7 Å². The Morgan fingerprint density at radius 2 is 1.72 bits per heavy atom. The van der Waals surface area contributed by atoms with Crippen LogP contribution in [0.3, 0.4) is 0 Å². The maximum Gasteiger partial charge on any atom is 0.322 e. The summed E-state index contributed by atoms with van der Waals surface area (Å²) in [6, 6.07) is 9.80. The van der Waals surface area contributed by atoms with Crippen LogP contribution in [0.15, 0.2) is 30.3 Å². The average molecular weight is 438 g/mol. The summed E-state index contributed by atoms with van der Waals surface area (Å²) in [5, 5.41) is 29.6. The fourth-order valence-corrected chi connectivity index (χ4v) is 4.12. The zero-order valence-corrected chi connectivity index (χ0v) is 19.1. The fraction of sp³-hybridized carbons (Fsp3) is 0.440. The van der Waals surface area contributed by atoms with Crippen molar-refractivity contribution in [2.75, 3.05) is 13.2 Å². The quantitative estimate of drug-likeness (QED) is 0.494. The summed E-state index contributed by atoms with van der Waals surface area (Å²) >= 11 is 0. The minimum atomic E-state index is -0.0589. The molecule has 0 spiro atoms. The van der Waals surface area contributed by atoms with Crippen LogP contribution in [0, 0.1) is 0 Å². The predicted molar refractivity (Wildman–Crippen MR) is 123 cm³/mol. The Morgan fingerprint density at radius 3 is 2.47 bits per heavy atom. The molecule has 0 saturated carbocycles. The first-order valence-electron chi connectivity index (χ1n) is 11.2. The van der Waals surface area contributed by atoms with E-state index in [-0.39, 0.29) is 23.5 Å². The van der Waals surface area contributed by atoms with E-state index >= 15 is 0 Å². The van der Waals surface area contributed by atoms with E-state index in [1.54, 1.807) is 6.07 Å². The van der Waals surface area contributed by atoms with Gasteiger partial charge in [-0.05, 0) is 73.9 Å². The number of rotatable bonds is 8. The van der Waals surface area contributed by atoms with Crippen LogP contribution in [0.5, 0.6) is 17.5 Å². The van der Waals surface area contributed by atoms with Crippen LogP contribution in [0.4, 0.5) is 0 Å². The number of aromatic hydroxyl groups is 2. The van der Waals surface area contributed by atoms with Gasteiger partial charge in [-0.15, -0.1) is 5.10 Å². The zero-order valence-electron chi connectivity index (χ0n) is 19.1. The molecule has 2 aromatic carbocycles.